The first-order chi connectivity index (χ1) is 7.29. The molecule has 0 unspecified atom stereocenters. The second-order valence-corrected chi connectivity index (χ2v) is 4.13. The Balaban J connectivity index is 3.41. The molecule has 0 aliphatic carbocycles. The third-order valence-corrected chi connectivity index (χ3v) is 3.29. The number of rotatable bonds is 2. The monoisotopic (exact) mass is 371 g/mol. The molecule has 90 valence electrons. The normalized spacial score (nSPS) is 12.2. The van der Waals surface area contributed by atoms with Crippen LogP contribution in [-0.4, -0.2) is 4.98 Å². The van der Waals surface area contributed by atoms with Crippen LogP contribution in [0.3, 0.4) is 0 Å². The molecule has 1 aromatic heterocycles. The summed E-state index contributed by atoms with van der Waals surface area (Å²) < 4.78 is 61.8. The molecule has 1 heterocycles. The van der Waals surface area contributed by atoms with E-state index in [0.717, 1.165) is 0 Å². The number of nitrogens with zero attached hydrogens (tertiary/aromatic N) is 1. The van der Waals surface area contributed by atoms with Crippen molar-refractivity contribution in [1.82, 2.24) is 4.98 Å². The average Bonchev–Trinajstić information content (AvgIpc) is 2.14. The molecule has 0 aliphatic rings. The lowest BCUT2D eigenvalue weighted by molar-refractivity contribution is -0.138. The van der Waals surface area contributed by atoms with Gasteiger partial charge >= 0.3 is 6.18 Å². The number of pyridine rings is 1. The van der Waals surface area contributed by atoms with E-state index in [4.69, 9.17) is 11.6 Å². The van der Waals surface area contributed by atoms with Gasteiger partial charge in [0.1, 0.15) is 5.69 Å². The summed E-state index contributed by atoms with van der Waals surface area (Å²) in [5, 5.41) is 0. The number of hydrogen-bond acceptors (Lipinski definition) is 1. The number of alkyl halides is 6. The van der Waals surface area contributed by atoms with Crippen molar-refractivity contribution < 1.29 is 22.0 Å². The Labute approximate surface area is 106 Å². The van der Waals surface area contributed by atoms with Gasteiger partial charge in [-0.15, -0.1) is 11.6 Å². The summed E-state index contributed by atoms with van der Waals surface area (Å²) in [6.07, 6.45) is -7.16. The molecule has 0 bridgehead atoms. The molecule has 0 saturated carbocycles. The zero-order valence-electron chi connectivity index (χ0n) is 7.45. The van der Waals surface area contributed by atoms with Gasteiger partial charge in [0, 0.05) is 15.3 Å². The number of halogens is 7. The van der Waals surface area contributed by atoms with Crippen molar-refractivity contribution in [2.75, 3.05) is 0 Å². The zero-order chi connectivity index (χ0) is 12.5. The quantitative estimate of drug-likeness (QED) is 0.427. The van der Waals surface area contributed by atoms with Crippen LogP contribution in [-0.2, 0) is 12.1 Å². The van der Waals surface area contributed by atoms with E-state index in [0.29, 0.717) is 6.20 Å². The van der Waals surface area contributed by atoms with Gasteiger partial charge in [-0.1, -0.05) is 0 Å². The predicted octanol–water partition coefficient (Wildman–Crippen LogP) is 4.38. The highest BCUT2D eigenvalue weighted by atomic mass is 127. The van der Waals surface area contributed by atoms with Crippen LogP contribution in [0.25, 0.3) is 0 Å². The topological polar surface area (TPSA) is 12.9 Å². The van der Waals surface area contributed by atoms with Gasteiger partial charge < -0.3 is 0 Å². The molecular weight excluding hydrogens is 367 g/mol. The first-order valence-corrected chi connectivity index (χ1v) is 5.49. The van der Waals surface area contributed by atoms with Gasteiger partial charge in [0.15, 0.2) is 0 Å². The van der Waals surface area contributed by atoms with Crippen molar-refractivity contribution in [2.45, 2.75) is 18.5 Å². The second kappa shape index (κ2) is 4.99. The van der Waals surface area contributed by atoms with Crippen LogP contribution in [0.2, 0.25) is 0 Å². The maximum atomic E-state index is 12.4. The van der Waals surface area contributed by atoms with E-state index in [2.05, 4.69) is 4.98 Å². The summed E-state index contributed by atoms with van der Waals surface area (Å²) >= 11 is 6.71. The van der Waals surface area contributed by atoms with Gasteiger partial charge in [-0.05, 0) is 22.6 Å². The third kappa shape index (κ3) is 2.73. The first-order valence-electron chi connectivity index (χ1n) is 3.87. The van der Waals surface area contributed by atoms with Crippen molar-refractivity contribution in [3.05, 3.63) is 26.6 Å². The van der Waals surface area contributed by atoms with E-state index in [1.165, 1.54) is 22.6 Å². The van der Waals surface area contributed by atoms with Gasteiger partial charge in [0.25, 0.3) is 6.43 Å². The van der Waals surface area contributed by atoms with E-state index in [1.807, 2.05) is 0 Å². The maximum absolute atomic E-state index is 12.4. The van der Waals surface area contributed by atoms with E-state index >= 15 is 0 Å². The van der Waals surface area contributed by atoms with Crippen LogP contribution in [0.15, 0.2) is 6.20 Å². The predicted molar refractivity (Wildman–Crippen MR) is 56.5 cm³/mol. The van der Waals surface area contributed by atoms with Crippen LogP contribution >= 0.6 is 34.2 Å². The summed E-state index contributed by atoms with van der Waals surface area (Å²) in [6.45, 7) is 0. The van der Waals surface area contributed by atoms with Crippen molar-refractivity contribution in [1.29, 1.82) is 0 Å². The molecule has 1 aromatic rings. The molecule has 0 saturated heterocycles. The lowest BCUT2D eigenvalue weighted by Gasteiger charge is -2.13. The van der Waals surface area contributed by atoms with E-state index < -0.39 is 29.7 Å². The van der Waals surface area contributed by atoms with Gasteiger partial charge in [0.2, 0.25) is 0 Å². The highest BCUT2D eigenvalue weighted by Gasteiger charge is 2.35. The minimum Gasteiger partial charge on any atom is -0.254 e. The van der Waals surface area contributed by atoms with Crippen LogP contribution in [0.5, 0.6) is 0 Å². The van der Waals surface area contributed by atoms with Gasteiger partial charge in [-0.3, -0.25) is 4.98 Å². The summed E-state index contributed by atoms with van der Waals surface area (Å²) in [5.74, 6) is -0.436. The molecule has 16 heavy (non-hydrogen) atoms. The molecule has 0 aliphatic heterocycles. The average molecular weight is 371 g/mol. The molecule has 0 amide bonds. The minimum absolute atomic E-state index is 0.271. The minimum atomic E-state index is -4.62. The molecule has 0 radical (unpaired) electrons. The zero-order valence-corrected chi connectivity index (χ0v) is 10.4. The molecule has 1 rings (SSSR count). The Morgan fingerprint density at radius 1 is 1.38 bits per heavy atom. The Morgan fingerprint density at radius 2 is 1.94 bits per heavy atom. The Kier molecular flexibility index (Phi) is 4.33. The lowest BCUT2D eigenvalue weighted by Crippen LogP contribution is -2.12. The third-order valence-electron chi connectivity index (χ3n) is 1.79. The molecule has 0 spiro atoms. The SMILES string of the molecule is FC(F)c1ncc(C(F)(F)F)c(I)c1CCl. The second-order valence-electron chi connectivity index (χ2n) is 2.78. The van der Waals surface area contributed by atoms with Gasteiger partial charge in [0.05, 0.1) is 11.4 Å². The van der Waals surface area contributed by atoms with Gasteiger partial charge in [-0.2, -0.15) is 13.2 Å². The Morgan fingerprint density at radius 3 is 2.31 bits per heavy atom. The highest BCUT2D eigenvalue weighted by Crippen LogP contribution is 2.36. The Bertz CT molecular complexity index is 393. The summed E-state index contributed by atoms with van der Waals surface area (Å²) in [7, 11) is 0. The highest BCUT2D eigenvalue weighted by molar-refractivity contribution is 14.1. The smallest absolute Gasteiger partial charge is 0.254 e. The van der Waals surface area contributed by atoms with Crippen molar-refractivity contribution in [3.8, 4) is 0 Å². The van der Waals surface area contributed by atoms with Crippen LogP contribution in [0.1, 0.15) is 23.2 Å². The molecular formula is C8H4ClF5IN. The van der Waals surface area contributed by atoms with E-state index in [-0.39, 0.29) is 9.13 Å². The molecule has 0 fully saturated rings. The van der Waals surface area contributed by atoms with Crippen LogP contribution in [0.4, 0.5) is 22.0 Å². The van der Waals surface area contributed by atoms with Crippen LogP contribution < -0.4 is 0 Å². The van der Waals surface area contributed by atoms with Crippen molar-refractivity contribution in [2.24, 2.45) is 0 Å². The van der Waals surface area contributed by atoms with Crippen molar-refractivity contribution >= 4 is 34.2 Å². The molecule has 1 nitrogen and oxygen atoms in total. The fourth-order valence-corrected chi connectivity index (χ4v) is 2.46. The Hall–Kier alpha value is -0.180. The fourth-order valence-electron chi connectivity index (χ4n) is 1.06. The molecule has 0 aromatic carbocycles. The fraction of sp³-hybridized carbons (Fsp3) is 0.375. The summed E-state index contributed by atoms with van der Waals surface area (Å²) in [6, 6.07) is 0. The maximum Gasteiger partial charge on any atom is 0.418 e. The van der Waals surface area contributed by atoms with E-state index in [1.54, 1.807) is 0 Å². The van der Waals surface area contributed by atoms with Crippen molar-refractivity contribution in [3.63, 3.8) is 0 Å². The number of hydrogen-bond donors (Lipinski definition) is 0. The largest absolute Gasteiger partial charge is 0.418 e. The number of aromatic nitrogens is 1. The van der Waals surface area contributed by atoms with Gasteiger partial charge in [-0.25, -0.2) is 8.78 Å². The summed E-state index contributed by atoms with van der Waals surface area (Å²) in [5.41, 5.74) is -2.02. The standard InChI is InChI=1S/C8H4ClF5IN/c9-1-3-5(15)4(8(12,13)14)2-16-6(3)7(10)11/h2,7H,1H2. The lowest BCUT2D eigenvalue weighted by atomic mass is 10.1. The molecule has 0 N–H and O–H groups in total. The molecule has 0 atom stereocenters. The van der Waals surface area contributed by atoms with E-state index in [9.17, 15) is 22.0 Å². The van der Waals surface area contributed by atoms with Crippen LogP contribution in [0, 0.1) is 3.57 Å². The summed E-state index contributed by atoms with van der Waals surface area (Å²) in [4.78, 5) is 3.12. The molecule has 8 heteroatoms. The first kappa shape index (κ1) is 13.9.